The van der Waals surface area contributed by atoms with Gasteiger partial charge in [-0.15, -0.1) is 0 Å². The number of nitrogens with zero attached hydrogens (tertiary/aromatic N) is 1. The monoisotopic (exact) mass is 444 g/mol. The number of rotatable bonds is 7. The topological polar surface area (TPSA) is 78.9 Å². The van der Waals surface area contributed by atoms with E-state index in [1.165, 1.54) is 7.11 Å². The van der Waals surface area contributed by atoms with Gasteiger partial charge in [0.15, 0.2) is 0 Å². The summed E-state index contributed by atoms with van der Waals surface area (Å²) in [5.74, 6) is -0.168. The van der Waals surface area contributed by atoms with Crippen LogP contribution in [0.25, 0.3) is 0 Å². The van der Waals surface area contributed by atoms with Crippen molar-refractivity contribution in [1.29, 1.82) is 0 Å². The van der Waals surface area contributed by atoms with Crippen molar-refractivity contribution in [2.75, 3.05) is 20.8 Å². The van der Waals surface area contributed by atoms with Crippen LogP contribution in [0.15, 0.2) is 30.3 Å². The number of aliphatic hydroxyl groups excluding tert-OH is 1. The van der Waals surface area contributed by atoms with Gasteiger partial charge in [0.1, 0.15) is 6.61 Å². The summed E-state index contributed by atoms with van der Waals surface area (Å²) in [5.41, 5.74) is 1.14. The molecule has 6 heteroatoms. The molecule has 0 aromatic heterocycles. The van der Waals surface area contributed by atoms with E-state index in [9.17, 15) is 14.7 Å². The molecule has 6 nitrogen and oxygen atoms in total. The average Bonchev–Trinajstić information content (AvgIpc) is 2.76. The number of nitrogens with one attached hydrogen (secondary N) is 1. The van der Waals surface area contributed by atoms with Crippen molar-refractivity contribution in [3.63, 3.8) is 0 Å². The minimum absolute atomic E-state index is 0.0240. The first kappa shape index (κ1) is 24.7. The van der Waals surface area contributed by atoms with E-state index < -0.39 is 6.10 Å². The number of amides is 2. The van der Waals surface area contributed by atoms with Crippen LogP contribution in [0.3, 0.4) is 0 Å². The third-order valence-corrected chi connectivity index (χ3v) is 8.18. The Morgan fingerprint density at radius 1 is 1.25 bits per heavy atom. The molecule has 0 aliphatic heterocycles. The highest BCUT2D eigenvalue weighted by Crippen LogP contribution is 2.55. The number of carbonyl (C=O) groups excluding carboxylic acids is 2. The van der Waals surface area contributed by atoms with Crippen molar-refractivity contribution < 1.29 is 19.4 Å². The summed E-state index contributed by atoms with van der Waals surface area (Å²) >= 11 is 0. The lowest BCUT2D eigenvalue weighted by molar-refractivity contribution is -0.150. The smallest absolute Gasteiger partial charge is 0.246 e. The molecule has 0 radical (unpaired) electrons. The molecule has 2 fully saturated rings. The number of aliphatic hydroxyl groups is 1. The highest BCUT2D eigenvalue weighted by atomic mass is 16.5. The molecule has 2 aliphatic carbocycles. The van der Waals surface area contributed by atoms with Crippen LogP contribution in [0.5, 0.6) is 0 Å². The van der Waals surface area contributed by atoms with Gasteiger partial charge in [-0.25, -0.2) is 0 Å². The molecule has 2 saturated carbocycles. The molecule has 3 rings (SSSR count). The molecule has 2 amide bonds. The Morgan fingerprint density at radius 3 is 2.56 bits per heavy atom. The normalized spacial score (nSPS) is 33.1. The van der Waals surface area contributed by atoms with Gasteiger partial charge in [-0.3, -0.25) is 9.59 Å². The zero-order valence-corrected chi connectivity index (χ0v) is 20.2. The van der Waals surface area contributed by atoms with Crippen LogP contribution in [-0.2, 0) is 20.9 Å². The van der Waals surface area contributed by atoms with Gasteiger partial charge in [0.05, 0.1) is 6.10 Å². The van der Waals surface area contributed by atoms with Gasteiger partial charge >= 0.3 is 0 Å². The lowest BCUT2D eigenvalue weighted by Gasteiger charge is -2.56. The first-order chi connectivity index (χ1) is 15.2. The first-order valence-corrected chi connectivity index (χ1v) is 11.9. The fraction of sp³-hybridized carbons (Fsp3) is 0.692. The van der Waals surface area contributed by atoms with E-state index in [-0.39, 0.29) is 53.5 Å². The molecule has 0 unspecified atom stereocenters. The molecule has 2 aliphatic rings. The Morgan fingerprint density at radius 2 is 1.91 bits per heavy atom. The molecule has 2 N–H and O–H groups in total. The number of benzene rings is 1. The number of hydrogen-bond acceptors (Lipinski definition) is 4. The van der Waals surface area contributed by atoms with Crippen LogP contribution in [-0.4, -0.2) is 54.7 Å². The molecule has 32 heavy (non-hydrogen) atoms. The van der Waals surface area contributed by atoms with Crippen molar-refractivity contribution in [2.45, 2.75) is 65.1 Å². The molecule has 1 aromatic rings. The summed E-state index contributed by atoms with van der Waals surface area (Å²) in [6.07, 6.45) is 3.18. The maximum atomic E-state index is 13.2. The van der Waals surface area contributed by atoms with E-state index in [0.717, 1.165) is 31.2 Å². The fourth-order valence-corrected chi connectivity index (χ4v) is 6.34. The molecule has 178 valence electrons. The van der Waals surface area contributed by atoms with Crippen LogP contribution >= 0.6 is 0 Å². The predicted octanol–water partition coefficient (Wildman–Crippen LogP) is 3.24. The number of fused-ring (bicyclic) bond motifs is 1. The molecular formula is C26H40N2O4. The number of carbonyl (C=O) groups is 2. The van der Waals surface area contributed by atoms with E-state index in [0.29, 0.717) is 6.54 Å². The van der Waals surface area contributed by atoms with Crippen LogP contribution in [0.2, 0.25) is 0 Å². The zero-order chi connectivity index (χ0) is 23.5. The van der Waals surface area contributed by atoms with Crippen molar-refractivity contribution in [2.24, 2.45) is 29.1 Å². The Bertz CT molecular complexity index is 785. The van der Waals surface area contributed by atoms with Crippen molar-refractivity contribution >= 4 is 11.8 Å². The van der Waals surface area contributed by atoms with Crippen LogP contribution in [0.4, 0.5) is 0 Å². The summed E-state index contributed by atoms with van der Waals surface area (Å²) in [5, 5.41) is 14.6. The average molecular weight is 445 g/mol. The Balaban J connectivity index is 1.70. The SMILES string of the molecule is COCC(=O)N[C@H]1CC[C@]2(C)CC[C@H]([C@H](C)C(=O)N(C)Cc3ccccc3)[C@H](O)[C@H]2[C@@H]1C. The van der Waals surface area contributed by atoms with Crippen LogP contribution in [0, 0.1) is 29.1 Å². The minimum Gasteiger partial charge on any atom is -0.392 e. The maximum Gasteiger partial charge on any atom is 0.246 e. The molecule has 0 bridgehead atoms. The summed E-state index contributed by atoms with van der Waals surface area (Å²) < 4.78 is 4.96. The number of ether oxygens (including phenoxy) is 1. The van der Waals surface area contributed by atoms with Gasteiger partial charge in [-0.2, -0.15) is 0 Å². The van der Waals surface area contributed by atoms with Gasteiger partial charge in [0.2, 0.25) is 11.8 Å². The molecule has 0 saturated heterocycles. The fourth-order valence-electron chi connectivity index (χ4n) is 6.34. The second kappa shape index (κ2) is 10.3. The van der Waals surface area contributed by atoms with E-state index in [2.05, 4.69) is 19.2 Å². The van der Waals surface area contributed by atoms with Crippen LogP contribution in [0.1, 0.15) is 52.0 Å². The molecule has 0 heterocycles. The molecular weight excluding hydrogens is 404 g/mol. The van der Waals surface area contributed by atoms with E-state index in [1.807, 2.05) is 44.3 Å². The molecule has 7 atom stereocenters. The van der Waals surface area contributed by atoms with Crippen molar-refractivity contribution in [1.82, 2.24) is 10.2 Å². The lowest BCUT2D eigenvalue weighted by Crippen LogP contribution is -2.58. The minimum atomic E-state index is -0.560. The second-order valence-corrected chi connectivity index (χ2v) is 10.3. The summed E-state index contributed by atoms with van der Waals surface area (Å²) in [6.45, 7) is 6.99. The third-order valence-electron chi connectivity index (χ3n) is 8.18. The molecule has 0 spiro atoms. The van der Waals surface area contributed by atoms with E-state index in [4.69, 9.17) is 4.74 Å². The highest BCUT2D eigenvalue weighted by Gasteiger charge is 2.54. The van der Waals surface area contributed by atoms with Gasteiger partial charge < -0.3 is 20.1 Å². The second-order valence-electron chi connectivity index (χ2n) is 10.3. The van der Waals surface area contributed by atoms with Gasteiger partial charge in [0.25, 0.3) is 0 Å². The summed E-state index contributed by atoms with van der Waals surface area (Å²) in [6, 6.07) is 10.0. The van der Waals surface area contributed by atoms with Gasteiger partial charge in [0, 0.05) is 32.7 Å². The first-order valence-electron chi connectivity index (χ1n) is 11.9. The van der Waals surface area contributed by atoms with Crippen LogP contribution < -0.4 is 5.32 Å². The standard InChI is InChI=1S/C26H40N2O4/c1-17(25(31)28(4)15-19-9-7-6-8-10-19)20-11-13-26(3)14-12-21(27-22(29)16-32-5)18(2)23(26)24(20)30/h6-10,17-18,20-21,23-24,30H,11-16H2,1-5H3,(H,27,29)/t17-,18+,20+,21-,23+,24-,26-/m0/s1. The zero-order valence-electron chi connectivity index (χ0n) is 20.2. The Kier molecular flexibility index (Phi) is 7.99. The predicted molar refractivity (Wildman–Crippen MR) is 125 cm³/mol. The number of hydrogen-bond donors (Lipinski definition) is 2. The highest BCUT2D eigenvalue weighted by molar-refractivity contribution is 5.78. The van der Waals surface area contributed by atoms with Crippen molar-refractivity contribution in [3.8, 4) is 0 Å². The quantitative estimate of drug-likeness (QED) is 0.677. The van der Waals surface area contributed by atoms with Gasteiger partial charge in [-0.05, 0) is 54.4 Å². The molecule has 1 aromatic carbocycles. The Labute approximate surface area is 192 Å². The van der Waals surface area contributed by atoms with Crippen molar-refractivity contribution in [3.05, 3.63) is 35.9 Å². The Hall–Kier alpha value is -1.92. The maximum absolute atomic E-state index is 13.2. The summed E-state index contributed by atoms with van der Waals surface area (Å²) in [4.78, 5) is 27.1. The summed E-state index contributed by atoms with van der Waals surface area (Å²) in [7, 11) is 3.36. The lowest BCUT2D eigenvalue weighted by atomic mass is 9.51. The third kappa shape index (κ3) is 5.18. The van der Waals surface area contributed by atoms with E-state index in [1.54, 1.807) is 4.90 Å². The van der Waals surface area contributed by atoms with E-state index >= 15 is 0 Å². The largest absolute Gasteiger partial charge is 0.392 e. The number of methoxy groups -OCH3 is 1. The van der Waals surface area contributed by atoms with Gasteiger partial charge in [-0.1, -0.05) is 51.1 Å².